The molecule has 1 heterocycles. The molecule has 6 nitrogen and oxygen atoms in total. The highest BCUT2D eigenvalue weighted by atomic mass is 35.5. The van der Waals surface area contributed by atoms with E-state index in [9.17, 15) is 9.59 Å². The number of rotatable bonds is 5. The number of fused-ring (bicyclic) bond motifs is 1. The van der Waals surface area contributed by atoms with Crippen LogP contribution in [0.4, 0.5) is 0 Å². The summed E-state index contributed by atoms with van der Waals surface area (Å²) in [6.45, 7) is 5.92. The molecule has 1 unspecified atom stereocenters. The number of nitrogens with one attached hydrogen (secondary N) is 1. The van der Waals surface area contributed by atoms with Crippen molar-refractivity contribution in [1.29, 1.82) is 0 Å². The molecule has 3 N–H and O–H groups in total. The lowest BCUT2D eigenvalue weighted by Gasteiger charge is -2.20. The minimum absolute atomic E-state index is 0. The van der Waals surface area contributed by atoms with Gasteiger partial charge in [0.2, 0.25) is 5.91 Å². The van der Waals surface area contributed by atoms with Gasteiger partial charge in [0, 0.05) is 11.4 Å². The Kier molecular flexibility index (Phi) is 6.72. The quantitative estimate of drug-likeness (QED) is 0.860. The molecule has 2 aromatic rings. The van der Waals surface area contributed by atoms with E-state index in [0.717, 1.165) is 5.39 Å². The third-order valence-electron chi connectivity index (χ3n) is 3.62. The van der Waals surface area contributed by atoms with Crippen molar-refractivity contribution in [2.45, 2.75) is 39.4 Å². The molecule has 0 aliphatic rings. The van der Waals surface area contributed by atoms with E-state index in [-0.39, 0.29) is 35.8 Å². The first-order valence-electron chi connectivity index (χ1n) is 7.41. The molecule has 0 radical (unpaired) electrons. The van der Waals surface area contributed by atoms with Gasteiger partial charge in [0.05, 0.1) is 24.2 Å². The summed E-state index contributed by atoms with van der Waals surface area (Å²) in [5, 5.41) is 8.40. The van der Waals surface area contributed by atoms with E-state index in [1.165, 1.54) is 4.68 Å². The van der Waals surface area contributed by atoms with E-state index in [1.54, 1.807) is 12.3 Å². The summed E-state index contributed by atoms with van der Waals surface area (Å²) < 4.78 is 1.37. The monoisotopic (exact) mass is 338 g/mol. The molecule has 0 aliphatic carbocycles. The van der Waals surface area contributed by atoms with Crippen molar-refractivity contribution < 1.29 is 4.79 Å². The van der Waals surface area contributed by atoms with Crippen LogP contribution in [0.1, 0.15) is 20.8 Å². The Morgan fingerprint density at radius 1 is 1.30 bits per heavy atom. The van der Waals surface area contributed by atoms with Crippen molar-refractivity contribution in [2.24, 2.45) is 11.7 Å². The van der Waals surface area contributed by atoms with Gasteiger partial charge in [-0.3, -0.25) is 9.59 Å². The zero-order valence-electron chi connectivity index (χ0n) is 13.5. The first kappa shape index (κ1) is 19.1. The van der Waals surface area contributed by atoms with Crippen LogP contribution in [-0.2, 0) is 11.3 Å². The summed E-state index contributed by atoms with van der Waals surface area (Å²) in [7, 11) is 0. The number of nitrogens with zero attached hydrogens (tertiary/aromatic N) is 2. The molecule has 7 heteroatoms. The predicted molar refractivity (Wildman–Crippen MR) is 93.7 cm³/mol. The van der Waals surface area contributed by atoms with E-state index in [1.807, 2.05) is 39.0 Å². The maximum absolute atomic E-state index is 12.4. The number of halogens is 1. The molecule has 0 spiro atoms. The molecule has 0 aliphatic heterocycles. The SMILES string of the molecule is CC(Cn1ncc2ccccc2c1=O)NC(=O)[C@@H](N)C(C)C.Cl. The van der Waals surface area contributed by atoms with Gasteiger partial charge >= 0.3 is 0 Å². The molecule has 0 saturated carbocycles. The highest BCUT2D eigenvalue weighted by Crippen LogP contribution is 2.06. The van der Waals surface area contributed by atoms with Crippen molar-refractivity contribution in [3.8, 4) is 0 Å². The number of nitrogens with two attached hydrogens (primary N) is 1. The molecule has 1 amide bonds. The van der Waals surface area contributed by atoms with Crippen LogP contribution in [0.2, 0.25) is 0 Å². The molecule has 1 aromatic carbocycles. The molecular formula is C16H23ClN4O2. The number of benzene rings is 1. The van der Waals surface area contributed by atoms with E-state index in [0.29, 0.717) is 11.9 Å². The number of hydrogen-bond acceptors (Lipinski definition) is 4. The van der Waals surface area contributed by atoms with Gasteiger partial charge in [0.1, 0.15) is 0 Å². The average Bonchev–Trinajstić information content (AvgIpc) is 2.49. The van der Waals surface area contributed by atoms with Crippen LogP contribution >= 0.6 is 12.4 Å². The second-order valence-electron chi connectivity index (χ2n) is 5.90. The van der Waals surface area contributed by atoms with Gasteiger partial charge in [-0.05, 0) is 18.9 Å². The Bertz CT molecular complexity index is 729. The van der Waals surface area contributed by atoms with Gasteiger partial charge in [-0.25, -0.2) is 4.68 Å². The second-order valence-corrected chi connectivity index (χ2v) is 5.90. The fourth-order valence-corrected chi connectivity index (χ4v) is 2.20. The maximum atomic E-state index is 12.4. The fraction of sp³-hybridized carbons (Fsp3) is 0.438. The average molecular weight is 339 g/mol. The van der Waals surface area contributed by atoms with Gasteiger partial charge in [0.25, 0.3) is 5.56 Å². The van der Waals surface area contributed by atoms with E-state index >= 15 is 0 Å². The highest BCUT2D eigenvalue weighted by molar-refractivity contribution is 5.85. The standard InChI is InChI=1S/C16H22N4O2.ClH/c1-10(2)14(17)15(21)19-11(3)9-20-16(22)13-7-5-4-6-12(13)8-18-20;/h4-8,10-11,14H,9,17H2,1-3H3,(H,19,21);1H/t11?,14-;/m0./s1. The van der Waals surface area contributed by atoms with Crippen molar-refractivity contribution in [1.82, 2.24) is 15.1 Å². The number of amides is 1. The van der Waals surface area contributed by atoms with Gasteiger partial charge < -0.3 is 11.1 Å². The van der Waals surface area contributed by atoms with Crippen LogP contribution < -0.4 is 16.6 Å². The van der Waals surface area contributed by atoms with Crippen LogP contribution in [-0.4, -0.2) is 27.8 Å². The summed E-state index contributed by atoms with van der Waals surface area (Å²) in [5.41, 5.74) is 5.65. The van der Waals surface area contributed by atoms with Crippen molar-refractivity contribution in [2.75, 3.05) is 0 Å². The first-order chi connectivity index (χ1) is 10.4. The number of carbonyl (C=O) groups excluding carboxylic acids is 1. The summed E-state index contributed by atoms with van der Waals surface area (Å²) in [6.07, 6.45) is 1.66. The minimum atomic E-state index is -0.552. The molecule has 0 fully saturated rings. The van der Waals surface area contributed by atoms with E-state index in [4.69, 9.17) is 5.73 Å². The minimum Gasteiger partial charge on any atom is -0.350 e. The van der Waals surface area contributed by atoms with Gasteiger partial charge in [-0.1, -0.05) is 32.0 Å². The van der Waals surface area contributed by atoms with E-state index in [2.05, 4.69) is 10.4 Å². The first-order valence-corrected chi connectivity index (χ1v) is 7.41. The summed E-state index contributed by atoms with van der Waals surface area (Å²) in [6, 6.07) is 6.52. The number of aromatic nitrogens is 2. The lowest BCUT2D eigenvalue weighted by Crippen LogP contribution is -2.48. The Hall–Kier alpha value is -1.92. The third kappa shape index (κ3) is 4.53. The van der Waals surface area contributed by atoms with Gasteiger partial charge in [-0.2, -0.15) is 5.10 Å². The zero-order chi connectivity index (χ0) is 16.3. The highest BCUT2D eigenvalue weighted by Gasteiger charge is 2.19. The molecule has 126 valence electrons. The van der Waals surface area contributed by atoms with E-state index < -0.39 is 6.04 Å². The Balaban J connectivity index is 0.00000264. The lowest BCUT2D eigenvalue weighted by molar-refractivity contribution is -0.123. The van der Waals surface area contributed by atoms with Gasteiger partial charge in [0.15, 0.2) is 0 Å². The van der Waals surface area contributed by atoms with Crippen LogP contribution in [0.5, 0.6) is 0 Å². The van der Waals surface area contributed by atoms with Crippen molar-refractivity contribution >= 4 is 29.1 Å². The van der Waals surface area contributed by atoms with Gasteiger partial charge in [-0.15, -0.1) is 12.4 Å². The van der Waals surface area contributed by atoms with Crippen molar-refractivity contribution in [3.63, 3.8) is 0 Å². The summed E-state index contributed by atoms with van der Waals surface area (Å²) in [5.74, 6) is -0.148. The molecule has 0 saturated heterocycles. The molecule has 23 heavy (non-hydrogen) atoms. The van der Waals surface area contributed by atoms with Crippen LogP contribution in [0.15, 0.2) is 35.3 Å². The molecule has 0 bridgehead atoms. The Morgan fingerprint density at radius 2 is 1.96 bits per heavy atom. The van der Waals surface area contributed by atoms with Crippen LogP contribution in [0.25, 0.3) is 10.8 Å². The molecule has 2 atom stereocenters. The zero-order valence-corrected chi connectivity index (χ0v) is 14.3. The Labute approximate surface area is 141 Å². The number of carbonyl (C=O) groups is 1. The maximum Gasteiger partial charge on any atom is 0.274 e. The molecule has 2 rings (SSSR count). The smallest absolute Gasteiger partial charge is 0.274 e. The molecule has 1 aromatic heterocycles. The molecular weight excluding hydrogens is 316 g/mol. The second kappa shape index (κ2) is 8.08. The van der Waals surface area contributed by atoms with Crippen molar-refractivity contribution in [3.05, 3.63) is 40.8 Å². The Morgan fingerprint density at radius 3 is 2.61 bits per heavy atom. The van der Waals surface area contributed by atoms with Crippen LogP contribution in [0.3, 0.4) is 0 Å². The fourth-order valence-electron chi connectivity index (χ4n) is 2.20. The summed E-state index contributed by atoms with van der Waals surface area (Å²) >= 11 is 0. The third-order valence-corrected chi connectivity index (χ3v) is 3.62. The normalized spacial score (nSPS) is 13.4. The summed E-state index contributed by atoms with van der Waals surface area (Å²) in [4.78, 5) is 24.3. The lowest BCUT2D eigenvalue weighted by atomic mass is 10.0. The predicted octanol–water partition coefficient (Wildman–Crippen LogP) is 1.31. The topological polar surface area (TPSA) is 90.0 Å². The largest absolute Gasteiger partial charge is 0.350 e. The number of hydrogen-bond donors (Lipinski definition) is 2. The van der Waals surface area contributed by atoms with Crippen LogP contribution in [0, 0.1) is 5.92 Å².